The number of nitrogens with zero attached hydrogens (tertiary/aromatic N) is 2. The topological polar surface area (TPSA) is 35.0 Å². The smallest absolute Gasteiger partial charge is 0.419 e. The largest absolute Gasteiger partial charge is 0.438 e. The minimum absolute atomic E-state index is 0.0353. The van der Waals surface area contributed by atoms with Crippen LogP contribution < -0.4 is 4.74 Å². The normalized spacial score (nSPS) is 11.5. The van der Waals surface area contributed by atoms with Crippen LogP contribution in [0.25, 0.3) is 0 Å². The van der Waals surface area contributed by atoms with Gasteiger partial charge in [0.05, 0.1) is 5.56 Å². The van der Waals surface area contributed by atoms with E-state index in [1.807, 2.05) is 0 Å². The standard InChI is InChI=1S/C11H4BrClF4N2O/c12-8-9(13)18-4-19-10(8)20-5-1-2-7(14)6(3-5)11(15,16)17/h1-4H. The number of hydrogen-bond donors (Lipinski definition) is 0. The van der Waals surface area contributed by atoms with Crippen LogP contribution in [0.3, 0.4) is 0 Å². The molecule has 1 aromatic heterocycles. The maximum Gasteiger partial charge on any atom is 0.419 e. The summed E-state index contributed by atoms with van der Waals surface area (Å²) in [6, 6.07) is 2.25. The van der Waals surface area contributed by atoms with E-state index >= 15 is 0 Å². The Morgan fingerprint density at radius 3 is 2.55 bits per heavy atom. The first-order valence-electron chi connectivity index (χ1n) is 4.99. The van der Waals surface area contributed by atoms with E-state index < -0.39 is 17.6 Å². The van der Waals surface area contributed by atoms with Crippen molar-refractivity contribution in [2.75, 3.05) is 0 Å². The Kier molecular flexibility index (Phi) is 4.14. The van der Waals surface area contributed by atoms with Gasteiger partial charge < -0.3 is 4.74 Å². The molecular formula is C11H4BrClF4N2O. The summed E-state index contributed by atoms with van der Waals surface area (Å²) in [4.78, 5) is 7.35. The molecule has 0 unspecified atom stereocenters. The molecule has 0 radical (unpaired) electrons. The van der Waals surface area contributed by atoms with E-state index in [2.05, 4.69) is 25.9 Å². The van der Waals surface area contributed by atoms with Gasteiger partial charge in [0.1, 0.15) is 22.4 Å². The van der Waals surface area contributed by atoms with E-state index in [4.69, 9.17) is 16.3 Å². The predicted molar refractivity (Wildman–Crippen MR) is 66.2 cm³/mol. The zero-order valence-corrected chi connectivity index (χ0v) is 11.7. The van der Waals surface area contributed by atoms with Crippen molar-refractivity contribution in [1.82, 2.24) is 9.97 Å². The fraction of sp³-hybridized carbons (Fsp3) is 0.0909. The highest BCUT2D eigenvalue weighted by molar-refractivity contribution is 9.10. The van der Waals surface area contributed by atoms with Crippen LogP contribution in [0.1, 0.15) is 5.56 Å². The molecule has 106 valence electrons. The third-order valence-electron chi connectivity index (χ3n) is 2.17. The third kappa shape index (κ3) is 3.18. The van der Waals surface area contributed by atoms with Crippen LogP contribution in [-0.4, -0.2) is 9.97 Å². The number of ether oxygens (including phenoxy) is 1. The summed E-state index contributed by atoms with van der Waals surface area (Å²) in [5, 5.41) is 0.0353. The molecule has 0 spiro atoms. The molecule has 0 aliphatic carbocycles. The van der Waals surface area contributed by atoms with Crippen molar-refractivity contribution in [3.05, 3.63) is 45.5 Å². The van der Waals surface area contributed by atoms with Gasteiger partial charge in [0.15, 0.2) is 5.15 Å². The molecule has 1 heterocycles. The lowest BCUT2D eigenvalue weighted by Crippen LogP contribution is -2.08. The fourth-order valence-electron chi connectivity index (χ4n) is 1.30. The maximum absolute atomic E-state index is 13.1. The molecule has 2 aromatic rings. The lowest BCUT2D eigenvalue weighted by Gasteiger charge is -2.11. The van der Waals surface area contributed by atoms with Gasteiger partial charge in [-0.3, -0.25) is 0 Å². The van der Waals surface area contributed by atoms with Crippen LogP contribution in [-0.2, 0) is 6.18 Å². The molecule has 20 heavy (non-hydrogen) atoms. The van der Waals surface area contributed by atoms with E-state index in [-0.39, 0.29) is 21.3 Å². The van der Waals surface area contributed by atoms with Crippen molar-refractivity contribution in [3.8, 4) is 11.6 Å². The van der Waals surface area contributed by atoms with Gasteiger partial charge in [0.2, 0.25) is 5.88 Å². The first kappa shape index (κ1) is 15.0. The number of halogens is 6. The Labute approximate surface area is 123 Å². The minimum atomic E-state index is -4.82. The van der Waals surface area contributed by atoms with Gasteiger partial charge in [-0.1, -0.05) is 11.6 Å². The first-order chi connectivity index (χ1) is 9.29. The highest BCUT2D eigenvalue weighted by Gasteiger charge is 2.34. The number of benzene rings is 1. The average molecular weight is 372 g/mol. The van der Waals surface area contributed by atoms with Gasteiger partial charge in [0, 0.05) is 0 Å². The van der Waals surface area contributed by atoms with Crippen LogP contribution in [0.2, 0.25) is 5.15 Å². The molecule has 0 fully saturated rings. The van der Waals surface area contributed by atoms with E-state index in [1.54, 1.807) is 0 Å². The minimum Gasteiger partial charge on any atom is -0.438 e. The van der Waals surface area contributed by atoms with E-state index in [0.717, 1.165) is 12.4 Å². The van der Waals surface area contributed by atoms with Crippen LogP contribution >= 0.6 is 27.5 Å². The SMILES string of the molecule is Fc1ccc(Oc2ncnc(Cl)c2Br)cc1C(F)(F)F. The van der Waals surface area contributed by atoms with E-state index in [1.165, 1.54) is 0 Å². The first-order valence-corrected chi connectivity index (χ1v) is 6.16. The third-order valence-corrected chi connectivity index (χ3v) is 3.40. The quantitative estimate of drug-likeness (QED) is 0.559. The van der Waals surface area contributed by atoms with Crippen molar-refractivity contribution >= 4 is 27.5 Å². The molecule has 0 amide bonds. The maximum atomic E-state index is 13.1. The highest BCUT2D eigenvalue weighted by atomic mass is 79.9. The fourth-order valence-corrected chi connectivity index (χ4v) is 1.71. The van der Waals surface area contributed by atoms with Gasteiger partial charge in [-0.15, -0.1) is 0 Å². The number of hydrogen-bond acceptors (Lipinski definition) is 3. The molecule has 0 N–H and O–H groups in total. The summed E-state index contributed by atoms with van der Waals surface area (Å²) in [6.45, 7) is 0. The summed E-state index contributed by atoms with van der Waals surface area (Å²) < 4.78 is 56.1. The molecule has 0 bridgehead atoms. The summed E-state index contributed by atoms with van der Waals surface area (Å²) >= 11 is 8.72. The summed E-state index contributed by atoms with van der Waals surface area (Å²) in [5.74, 6) is -1.69. The van der Waals surface area contributed by atoms with Gasteiger partial charge in [0.25, 0.3) is 0 Å². The van der Waals surface area contributed by atoms with Gasteiger partial charge in [-0.2, -0.15) is 13.2 Å². The molecule has 2 rings (SSSR count). The number of alkyl halides is 3. The van der Waals surface area contributed by atoms with E-state index in [0.29, 0.717) is 12.1 Å². The molecule has 0 aliphatic heterocycles. The second kappa shape index (κ2) is 5.53. The van der Waals surface area contributed by atoms with Crippen LogP contribution in [0.4, 0.5) is 17.6 Å². The van der Waals surface area contributed by atoms with Gasteiger partial charge in [-0.25, -0.2) is 14.4 Å². The molecule has 0 atom stereocenters. The summed E-state index contributed by atoms with van der Waals surface area (Å²) in [5.41, 5.74) is -1.42. The Morgan fingerprint density at radius 2 is 1.90 bits per heavy atom. The molecule has 9 heteroatoms. The summed E-state index contributed by atoms with van der Waals surface area (Å²) in [7, 11) is 0. The lowest BCUT2D eigenvalue weighted by molar-refractivity contribution is -0.140. The highest BCUT2D eigenvalue weighted by Crippen LogP contribution is 2.36. The Balaban J connectivity index is 2.38. The van der Waals surface area contributed by atoms with Crippen LogP contribution in [0, 0.1) is 5.82 Å². The molecule has 3 nitrogen and oxygen atoms in total. The Hall–Kier alpha value is -1.41. The molecule has 0 saturated carbocycles. The van der Waals surface area contributed by atoms with Gasteiger partial charge in [-0.05, 0) is 34.1 Å². The Morgan fingerprint density at radius 1 is 1.20 bits per heavy atom. The molecule has 0 aliphatic rings. The van der Waals surface area contributed by atoms with Crippen molar-refractivity contribution in [2.45, 2.75) is 6.18 Å². The van der Waals surface area contributed by atoms with Crippen LogP contribution in [0.5, 0.6) is 11.6 Å². The zero-order valence-electron chi connectivity index (χ0n) is 9.38. The second-order valence-electron chi connectivity index (χ2n) is 3.53. The second-order valence-corrected chi connectivity index (χ2v) is 4.68. The lowest BCUT2D eigenvalue weighted by atomic mass is 10.2. The predicted octanol–water partition coefficient (Wildman–Crippen LogP) is 4.84. The van der Waals surface area contributed by atoms with Crippen molar-refractivity contribution in [1.29, 1.82) is 0 Å². The van der Waals surface area contributed by atoms with Crippen molar-refractivity contribution in [2.24, 2.45) is 0 Å². The monoisotopic (exact) mass is 370 g/mol. The van der Waals surface area contributed by atoms with Gasteiger partial charge >= 0.3 is 6.18 Å². The number of rotatable bonds is 2. The zero-order chi connectivity index (χ0) is 14.9. The number of aromatic nitrogens is 2. The summed E-state index contributed by atoms with van der Waals surface area (Å²) in [6.07, 6.45) is -3.74. The average Bonchev–Trinajstić information content (AvgIpc) is 2.36. The van der Waals surface area contributed by atoms with E-state index in [9.17, 15) is 17.6 Å². The molecule has 1 aromatic carbocycles. The van der Waals surface area contributed by atoms with Crippen molar-refractivity contribution < 1.29 is 22.3 Å². The van der Waals surface area contributed by atoms with Crippen LogP contribution in [0.15, 0.2) is 29.0 Å². The van der Waals surface area contributed by atoms with Crippen molar-refractivity contribution in [3.63, 3.8) is 0 Å². The Bertz CT molecular complexity index is 651. The molecule has 0 saturated heterocycles. The molecular weight excluding hydrogens is 367 g/mol.